The molecule has 6 nitrogen and oxygen atoms in total. The number of rotatable bonds is 5. The lowest BCUT2D eigenvalue weighted by Crippen LogP contribution is -2.51. The van der Waals surface area contributed by atoms with E-state index >= 15 is 0 Å². The smallest absolute Gasteiger partial charge is 0.138 e. The predicted molar refractivity (Wildman–Crippen MR) is 127 cm³/mol. The van der Waals surface area contributed by atoms with Gasteiger partial charge in [0.25, 0.3) is 0 Å². The van der Waals surface area contributed by atoms with Crippen molar-refractivity contribution in [1.82, 2.24) is 9.38 Å². The van der Waals surface area contributed by atoms with Crippen LogP contribution in [0, 0.1) is 28.1 Å². The van der Waals surface area contributed by atoms with Gasteiger partial charge in [0.05, 0.1) is 17.4 Å². The van der Waals surface area contributed by atoms with Crippen LogP contribution in [-0.4, -0.2) is 27.8 Å². The number of pyridine rings is 1. The molecule has 0 spiro atoms. The third-order valence-electron chi connectivity index (χ3n) is 6.21. The Labute approximate surface area is 193 Å². The molecule has 0 bridgehead atoms. The fraction of sp³-hybridized carbons (Fsp3) is 0.400. The van der Waals surface area contributed by atoms with Gasteiger partial charge in [0.15, 0.2) is 0 Å². The first-order valence-corrected chi connectivity index (χ1v) is 11.9. The minimum atomic E-state index is -0.415. The average Bonchev–Trinajstić information content (AvgIpc) is 3.20. The first-order chi connectivity index (χ1) is 15.3. The van der Waals surface area contributed by atoms with Crippen LogP contribution in [-0.2, 0) is 0 Å². The topological polar surface area (TPSA) is 100 Å². The predicted octanol–water partition coefficient (Wildman–Crippen LogP) is 5.14. The Bertz CT molecular complexity index is 1250. The number of nitrogens with two attached hydrogens (primary N) is 1. The van der Waals surface area contributed by atoms with Gasteiger partial charge in [0, 0.05) is 10.5 Å². The summed E-state index contributed by atoms with van der Waals surface area (Å²) >= 11 is 1.49. The molecule has 1 fully saturated rings. The van der Waals surface area contributed by atoms with Crippen molar-refractivity contribution in [2.75, 3.05) is 12.9 Å². The number of hydrogen-bond donors (Lipinski definition) is 1. The van der Waals surface area contributed by atoms with Crippen LogP contribution in [0.15, 0.2) is 41.4 Å². The molecule has 1 aromatic carbocycles. The van der Waals surface area contributed by atoms with E-state index in [0.29, 0.717) is 29.3 Å². The maximum atomic E-state index is 9.85. The van der Waals surface area contributed by atoms with E-state index in [-0.39, 0.29) is 5.41 Å². The van der Waals surface area contributed by atoms with Crippen molar-refractivity contribution < 1.29 is 4.74 Å². The van der Waals surface area contributed by atoms with Gasteiger partial charge < -0.3 is 10.5 Å². The van der Waals surface area contributed by atoms with Crippen molar-refractivity contribution in [3.8, 4) is 29.1 Å². The molecule has 1 aliphatic rings. The molecule has 32 heavy (non-hydrogen) atoms. The molecular weight excluding hydrogens is 418 g/mol. The summed E-state index contributed by atoms with van der Waals surface area (Å²) in [6, 6.07) is 13.8. The Morgan fingerprint density at radius 2 is 2.03 bits per heavy atom. The second-order valence-electron chi connectivity index (χ2n) is 9.37. The number of imidazole rings is 1. The van der Waals surface area contributed by atoms with Crippen LogP contribution < -0.4 is 10.5 Å². The molecule has 7 heteroatoms. The molecule has 4 rings (SSSR count). The van der Waals surface area contributed by atoms with Gasteiger partial charge in [-0.05, 0) is 55.2 Å². The van der Waals surface area contributed by atoms with Gasteiger partial charge in [-0.15, -0.1) is 11.8 Å². The van der Waals surface area contributed by atoms with Gasteiger partial charge in [-0.3, -0.25) is 4.40 Å². The second kappa shape index (κ2) is 8.50. The van der Waals surface area contributed by atoms with Gasteiger partial charge >= 0.3 is 0 Å². The van der Waals surface area contributed by atoms with E-state index in [9.17, 15) is 10.5 Å². The molecule has 0 unspecified atom stereocenters. The number of hydrogen-bond acceptors (Lipinski definition) is 6. The van der Waals surface area contributed by atoms with Crippen molar-refractivity contribution in [1.29, 1.82) is 10.5 Å². The summed E-state index contributed by atoms with van der Waals surface area (Å²) in [5.74, 6) is 0.520. The van der Waals surface area contributed by atoms with Gasteiger partial charge in [-0.25, -0.2) is 4.98 Å². The van der Waals surface area contributed by atoms with E-state index in [0.717, 1.165) is 41.8 Å². The first-order valence-electron chi connectivity index (χ1n) is 10.7. The average molecular weight is 446 g/mol. The van der Waals surface area contributed by atoms with Crippen LogP contribution in [0.5, 0.6) is 5.75 Å². The molecule has 1 aliphatic carbocycles. The van der Waals surface area contributed by atoms with Crippen molar-refractivity contribution in [3.05, 3.63) is 47.8 Å². The lowest BCUT2D eigenvalue weighted by Gasteiger charge is -2.42. The maximum Gasteiger partial charge on any atom is 0.138 e. The van der Waals surface area contributed by atoms with Crippen LogP contribution in [0.25, 0.3) is 16.9 Å². The summed E-state index contributed by atoms with van der Waals surface area (Å²) in [5.41, 5.74) is 9.82. The Kier molecular flexibility index (Phi) is 5.90. The number of nitrogens with zero attached hydrogens (tertiary/aromatic N) is 4. The Morgan fingerprint density at radius 1 is 1.22 bits per heavy atom. The maximum absolute atomic E-state index is 9.85. The fourth-order valence-electron chi connectivity index (χ4n) is 4.84. The standard InChI is InChI=1S/C25H27N5OS/c1-24(2)8-5-9-25(28,15-24)16-31-21-10-17(11-22(32-3)19(21)13-27)20-14-29-23-7-4-6-18(12-26)30(20)23/h4,6-7,10-11,14H,5,8-9,15-16,28H2,1-3H3/t25-/m0/s1. The van der Waals surface area contributed by atoms with Gasteiger partial charge in [0.1, 0.15) is 41.4 Å². The number of fused-ring (bicyclic) bond motifs is 1. The zero-order valence-electron chi connectivity index (χ0n) is 18.7. The zero-order chi connectivity index (χ0) is 22.9. The molecule has 0 saturated heterocycles. The van der Waals surface area contributed by atoms with Gasteiger partial charge in [-0.1, -0.05) is 26.3 Å². The number of thioether (sulfide) groups is 1. The van der Waals surface area contributed by atoms with Gasteiger partial charge in [-0.2, -0.15) is 10.5 Å². The minimum absolute atomic E-state index is 0.185. The summed E-state index contributed by atoms with van der Waals surface area (Å²) < 4.78 is 8.08. The quantitative estimate of drug-likeness (QED) is 0.546. The number of benzene rings is 1. The highest BCUT2D eigenvalue weighted by Gasteiger charge is 2.38. The highest BCUT2D eigenvalue weighted by Crippen LogP contribution is 2.41. The summed E-state index contributed by atoms with van der Waals surface area (Å²) in [5, 5.41) is 19.4. The highest BCUT2D eigenvalue weighted by atomic mass is 32.2. The van der Waals surface area contributed by atoms with Gasteiger partial charge in [0.2, 0.25) is 0 Å². The number of nitriles is 2. The molecule has 1 atom stereocenters. The van der Waals surface area contributed by atoms with Crippen LogP contribution in [0.3, 0.4) is 0 Å². The Morgan fingerprint density at radius 3 is 2.72 bits per heavy atom. The molecule has 0 aliphatic heterocycles. The largest absolute Gasteiger partial charge is 0.490 e. The third-order valence-corrected chi connectivity index (χ3v) is 6.97. The normalized spacial score (nSPS) is 19.9. The monoisotopic (exact) mass is 445 g/mol. The lowest BCUT2D eigenvalue weighted by atomic mass is 9.69. The molecule has 2 N–H and O–H groups in total. The number of ether oxygens (including phenoxy) is 1. The van der Waals surface area contributed by atoms with E-state index in [1.807, 2.05) is 34.9 Å². The van der Waals surface area contributed by atoms with E-state index in [2.05, 4.69) is 31.0 Å². The van der Waals surface area contributed by atoms with Crippen LogP contribution in [0.1, 0.15) is 50.8 Å². The van der Waals surface area contributed by atoms with E-state index < -0.39 is 5.54 Å². The molecule has 0 radical (unpaired) electrons. The van der Waals surface area contributed by atoms with E-state index in [1.54, 1.807) is 12.3 Å². The summed E-state index contributed by atoms with van der Waals surface area (Å²) in [4.78, 5) is 5.28. The van der Waals surface area contributed by atoms with Crippen molar-refractivity contribution in [2.45, 2.75) is 50.0 Å². The van der Waals surface area contributed by atoms with Crippen LogP contribution >= 0.6 is 11.8 Å². The molecule has 2 aromatic heterocycles. The van der Waals surface area contributed by atoms with E-state index in [1.165, 1.54) is 11.8 Å². The van der Waals surface area contributed by atoms with Crippen LogP contribution in [0.4, 0.5) is 0 Å². The third kappa shape index (κ3) is 4.19. The Balaban J connectivity index is 1.75. The molecule has 1 saturated carbocycles. The van der Waals surface area contributed by atoms with Crippen molar-refractivity contribution in [3.63, 3.8) is 0 Å². The highest BCUT2D eigenvalue weighted by molar-refractivity contribution is 7.98. The first kappa shape index (κ1) is 22.2. The summed E-state index contributed by atoms with van der Waals surface area (Å²) in [6.45, 7) is 4.86. The van der Waals surface area contributed by atoms with E-state index in [4.69, 9.17) is 10.5 Å². The molecule has 2 heterocycles. The van der Waals surface area contributed by atoms with Crippen molar-refractivity contribution in [2.24, 2.45) is 11.1 Å². The minimum Gasteiger partial charge on any atom is -0.490 e. The lowest BCUT2D eigenvalue weighted by molar-refractivity contribution is 0.101. The SMILES string of the molecule is CSc1cc(-c2cnc3cccc(C#N)n23)cc(OC[C@]2(N)CCCC(C)(C)C2)c1C#N. The molecule has 0 amide bonds. The molecular formula is C25H27N5OS. The summed E-state index contributed by atoms with van der Waals surface area (Å²) in [6.07, 6.45) is 7.72. The summed E-state index contributed by atoms with van der Waals surface area (Å²) in [7, 11) is 0. The fourth-order valence-corrected chi connectivity index (χ4v) is 5.44. The Hall–Kier alpha value is -3.00. The van der Waals surface area contributed by atoms with Crippen LogP contribution in [0.2, 0.25) is 0 Å². The molecule has 164 valence electrons. The zero-order valence-corrected chi connectivity index (χ0v) is 19.5. The number of aromatic nitrogens is 2. The van der Waals surface area contributed by atoms with Crippen molar-refractivity contribution >= 4 is 17.4 Å². The second-order valence-corrected chi connectivity index (χ2v) is 10.2. The molecule has 3 aromatic rings.